The molecule has 4 radical (unpaired) electrons. The molecule has 0 N–H and O–H groups in total. The molecule has 5 aromatic rings. The summed E-state index contributed by atoms with van der Waals surface area (Å²) in [5, 5.41) is 6.45. The third-order valence-corrected chi connectivity index (χ3v) is 4.20. The molecule has 0 saturated heterocycles. The van der Waals surface area contributed by atoms with Gasteiger partial charge in [0.1, 0.15) is 0 Å². The minimum absolute atomic E-state index is 0. The van der Waals surface area contributed by atoms with E-state index in [0.29, 0.717) is 0 Å². The Balaban J connectivity index is 0. The van der Waals surface area contributed by atoms with E-state index in [9.17, 15) is 0 Å². The van der Waals surface area contributed by atoms with Crippen LogP contribution in [0.25, 0.3) is 21.5 Å². The molecule has 0 heterocycles. The summed E-state index contributed by atoms with van der Waals surface area (Å²) in [6.45, 7) is 7.00. The summed E-state index contributed by atoms with van der Waals surface area (Å²) in [6, 6.07) is 39.3. The molecule has 0 aromatic heterocycles. The van der Waals surface area contributed by atoms with Crippen molar-refractivity contribution in [2.45, 2.75) is 0 Å². The molecule has 0 saturated carbocycles. The molecule has 0 aliphatic carbocycles. The normalized spacial score (nSPS) is 8.30. The smallest absolute Gasteiger partial charge is 0.521 e. The van der Waals surface area contributed by atoms with E-state index in [4.69, 9.17) is 0 Å². The van der Waals surface area contributed by atoms with Crippen LogP contribution in [0.1, 0.15) is 0 Å². The van der Waals surface area contributed by atoms with Gasteiger partial charge in [0.25, 0.3) is 0 Å². The van der Waals surface area contributed by atoms with Crippen molar-refractivity contribution >= 4 is 61.8 Å². The Morgan fingerprint density at radius 2 is 0.933 bits per heavy atom. The molecule has 0 bridgehead atoms. The first-order valence-electron chi connectivity index (χ1n) is 8.71. The Bertz CT molecular complexity index is 912. The van der Waals surface area contributed by atoms with E-state index in [1.165, 1.54) is 21.5 Å². The average Bonchev–Trinajstić information content (AvgIpc) is 3.40. The first-order chi connectivity index (χ1) is 13.3. The van der Waals surface area contributed by atoms with Crippen LogP contribution in [0.4, 0.5) is 0 Å². The number of benzene rings is 3. The third-order valence-electron chi connectivity index (χ3n) is 3.87. The van der Waals surface area contributed by atoms with Gasteiger partial charge in [0.05, 0.1) is 10.2 Å². The summed E-state index contributed by atoms with van der Waals surface area (Å²) in [6.07, 6.45) is 0. The van der Waals surface area contributed by atoms with E-state index in [0.717, 1.165) is 5.19 Å². The van der Waals surface area contributed by atoms with Gasteiger partial charge < -0.3 is 6.58 Å². The second-order valence-corrected chi connectivity index (χ2v) is 6.25. The van der Waals surface area contributed by atoms with Crippen molar-refractivity contribution in [3.8, 4) is 0 Å². The van der Waals surface area contributed by atoms with Crippen LogP contribution in [-0.4, -0.2) is 10.2 Å². The Kier molecular flexibility index (Phi) is 18.4. The zero-order chi connectivity index (χ0) is 19.3. The molecule has 0 spiro atoms. The summed E-state index contributed by atoms with van der Waals surface area (Å²) in [4.78, 5) is 0. The Labute approximate surface area is 215 Å². The molecule has 0 amide bonds. The van der Waals surface area contributed by atoms with Crippen LogP contribution in [0.5, 0.6) is 0 Å². The van der Waals surface area contributed by atoms with Gasteiger partial charge in [0.2, 0.25) is 0 Å². The average molecular weight is 527 g/mol. The molecule has 5 rings (SSSR count). The van der Waals surface area contributed by atoms with Gasteiger partial charge in [-0.15, -0.1) is 84.1 Å². The van der Waals surface area contributed by atoms with Crippen LogP contribution < -0.4 is 5.19 Å². The minimum Gasteiger partial charge on any atom is -0.521 e. The van der Waals surface area contributed by atoms with Crippen molar-refractivity contribution in [3.05, 3.63) is 128 Å². The Morgan fingerprint density at radius 3 is 1.27 bits per heavy atom. The number of hydrogen-bond donors (Lipinski definition) is 0. The molecule has 0 fully saturated rings. The number of fused-ring (bicyclic) bond motifs is 2. The topological polar surface area (TPSA) is 0 Å². The molecule has 0 nitrogen and oxygen atoms in total. The quantitative estimate of drug-likeness (QED) is 0.150. The second kappa shape index (κ2) is 18.1. The number of rotatable bonds is 0. The fraction of sp³-hybridized carbons (Fsp3) is 0. The van der Waals surface area contributed by atoms with Crippen LogP contribution in [0.15, 0.2) is 122 Å². The molecule has 0 aliphatic rings. The maximum Gasteiger partial charge on any atom is 3.00 e. The monoisotopic (exact) mass is 524 g/mol. The predicted octanol–water partition coefficient (Wildman–Crippen LogP) is 7.04. The number of halogens is 2. The minimum atomic E-state index is 0. The summed E-state index contributed by atoms with van der Waals surface area (Å²) in [5.74, 6) is 0. The van der Waals surface area contributed by atoms with E-state index in [1.807, 2.05) is 30.3 Å². The number of hydrogen-bond acceptors (Lipinski definition) is 0. The molecule has 0 aliphatic heterocycles. The van der Waals surface area contributed by atoms with Crippen molar-refractivity contribution in [3.63, 3.8) is 0 Å². The van der Waals surface area contributed by atoms with Gasteiger partial charge in [-0.2, -0.15) is 35.0 Å². The molecule has 150 valence electrons. The van der Waals surface area contributed by atoms with Crippen molar-refractivity contribution < 1.29 is 26.2 Å². The SMILES string of the molecule is Cl.Cl.[CH-]=C.[Si]c1ccccc1.[Zr+3].c1ccc2[cH-]ccc2c1.c1ccc2[cH-]ccc2c1. The van der Waals surface area contributed by atoms with Gasteiger partial charge in [-0.3, -0.25) is 6.58 Å². The molecule has 5 aromatic carbocycles. The molecular formula is C26H24Cl2SiZr. The van der Waals surface area contributed by atoms with E-state index in [2.05, 4.69) is 108 Å². The maximum atomic E-state index is 4.25. The van der Waals surface area contributed by atoms with Crippen LogP contribution in [-0.2, 0) is 26.2 Å². The van der Waals surface area contributed by atoms with Gasteiger partial charge in [-0.25, -0.2) is 0 Å². The summed E-state index contributed by atoms with van der Waals surface area (Å²) in [5.41, 5.74) is 0. The molecule has 0 atom stereocenters. The van der Waals surface area contributed by atoms with Crippen molar-refractivity contribution in [2.75, 3.05) is 0 Å². The second-order valence-electron chi connectivity index (χ2n) is 5.68. The van der Waals surface area contributed by atoms with E-state index >= 15 is 0 Å². The Hall–Kier alpha value is -1.70. The fourth-order valence-corrected chi connectivity index (χ4v) is 2.77. The van der Waals surface area contributed by atoms with E-state index in [1.54, 1.807) is 0 Å². The van der Waals surface area contributed by atoms with Gasteiger partial charge in [0.15, 0.2) is 0 Å². The summed E-state index contributed by atoms with van der Waals surface area (Å²) >= 11 is 0. The van der Waals surface area contributed by atoms with Crippen LogP contribution in [0.2, 0.25) is 0 Å². The largest absolute Gasteiger partial charge is 3.00 e. The van der Waals surface area contributed by atoms with Crippen molar-refractivity contribution in [1.82, 2.24) is 0 Å². The fourth-order valence-electron chi connectivity index (χ4n) is 2.58. The molecule has 30 heavy (non-hydrogen) atoms. The van der Waals surface area contributed by atoms with Crippen molar-refractivity contribution in [1.29, 1.82) is 0 Å². The van der Waals surface area contributed by atoms with E-state index in [-0.39, 0.29) is 51.0 Å². The molecular weight excluding hydrogens is 503 g/mol. The predicted molar refractivity (Wildman–Crippen MR) is 135 cm³/mol. The maximum absolute atomic E-state index is 4.25. The zero-order valence-electron chi connectivity index (χ0n) is 16.6. The van der Waals surface area contributed by atoms with Gasteiger partial charge in [-0.1, -0.05) is 47.7 Å². The van der Waals surface area contributed by atoms with Crippen molar-refractivity contribution in [2.24, 2.45) is 0 Å². The molecule has 0 unspecified atom stereocenters. The van der Waals surface area contributed by atoms with Gasteiger partial charge >= 0.3 is 26.2 Å². The van der Waals surface area contributed by atoms with Crippen LogP contribution >= 0.6 is 24.8 Å². The molecule has 4 heteroatoms. The first-order valence-corrected chi connectivity index (χ1v) is 9.21. The zero-order valence-corrected chi connectivity index (χ0v) is 21.7. The third kappa shape index (κ3) is 10.4. The van der Waals surface area contributed by atoms with E-state index < -0.39 is 0 Å². The van der Waals surface area contributed by atoms with Gasteiger partial charge in [0, 0.05) is 0 Å². The summed E-state index contributed by atoms with van der Waals surface area (Å²) in [7, 11) is 3.36. The van der Waals surface area contributed by atoms with Crippen LogP contribution in [0, 0.1) is 6.58 Å². The standard InChI is InChI=1S/2C9H7.C6H5Si.C2H3.2ClH.Zr/c2*1-2-5-9-7-3-6-8(9)4-1;7-6-4-2-1-3-5-6;1-2;;;/h2*1-7H;1-5H;1H,2H2;2*1H;/q2*-1;;-1;;;+3. The van der Waals surface area contributed by atoms with Crippen LogP contribution in [0.3, 0.4) is 0 Å². The Morgan fingerprint density at radius 1 is 0.567 bits per heavy atom. The summed E-state index contributed by atoms with van der Waals surface area (Å²) < 4.78 is 0. The van der Waals surface area contributed by atoms with Gasteiger partial charge in [-0.05, 0) is 0 Å². The first kappa shape index (κ1) is 30.5.